The van der Waals surface area contributed by atoms with Gasteiger partial charge in [-0.05, 0) is 23.6 Å². The van der Waals surface area contributed by atoms with Crippen LogP contribution in [0.2, 0.25) is 0 Å². The van der Waals surface area contributed by atoms with Gasteiger partial charge in [0.25, 0.3) is 0 Å². The Kier molecular flexibility index (Phi) is 4.76. The van der Waals surface area contributed by atoms with E-state index in [1.807, 2.05) is 0 Å². The molecule has 0 atom stereocenters. The van der Waals surface area contributed by atoms with Crippen molar-refractivity contribution >= 4 is 15.8 Å². The maximum absolute atomic E-state index is 11.7. The Bertz CT molecular complexity index is 617. The molecule has 8 heteroatoms. The molecule has 0 saturated heterocycles. The van der Waals surface area contributed by atoms with Gasteiger partial charge < -0.3 is 5.11 Å². The fraction of sp³-hybridized carbons (Fsp3) is 0.182. The van der Waals surface area contributed by atoms with Crippen LogP contribution >= 0.6 is 0 Å². The number of nitrogens with one attached hydrogen (secondary N) is 1. The summed E-state index contributed by atoms with van der Waals surface area (Å²) in [4.78, 5) is 11.1. The zero-order valence-corrected chi connectivity index (χ0v) is 11.2. The van der Waals surface area contributed by atoms with Crippen LogP contribution in [0.15, 0.2) is 56.4 Å². The van der Waals surface area contributed by atoms with Gasteiger partial charge in [0.05, 0.1) is 4.90 Å². The minimum absolute atomic E-state index is 0.0189. The molecule has 19 heavy (non-hydrogen) atoms. The molecule has 7 nitrogen and oxygen atoms in total. The van der Waals surface area contributed by atoms with Gasteiger partial charge >= 0.3 is 10.0 Å². The summed E-state index contributed by atoms with van der Waals surface area (Å²) in [7, 11) is -3.93. The number of rotatable bonds is 5. The molecule has 1 aromatic carbocycles. The summed E-state index contributed by atoms with van der Waals surface area (Å²) in [6, 6.07) is 7.50. The van der Waals surface area contributed by atoms with E-state index in [1.54, 1.807) is 18.2 Å². The van der Waals surface area contributed by atoms with Gasteiger partial charge in [0.1, 0.15) is 11.5 Å². The normalized spacial score (nSPS) is 13.2. The molecule has 0 bridgehead atoms. The fourth-order valence-electron chi connectivity index (χ4n) is 1.18. The zero-order valence-electron chi connectivity index (χ0n) is 10.4. The van der Waals surface area contributed by atoms with Crippen molar-refractivity contribution in [1.29, 1.82) is 0 Å². The van der Waals surface area contributed by atoms with Crippen LogP contribution in [-0.4, -0.2) is 19.3 Å². The number of ketones is 1. The highest BCUT2D eigenvalue weighted by molar-refractivity contribution is 7.90. The van der Waals surface area contributed by atoms with E-state index in [0.717, 1.165) is 0 Å². The largest absolute Gasteiger partial charge is 0.510 e. The zero-order chi connectivity index (χ0) is 14.5. The highest BCUT2D eigenvalue weighted by atomic mass is 32.2. The lowest BCUT2D eigenvalue weighted by Gasteiger charge is -2.02. The quantitative estimate of drug-likeness (QED) is 0.370. The number of allylic oxidation sites excluding steroid dienone is 2. The average Bonchev–Trinajstić information content (AvgIpc) is 2.34. The van der Waals surface area contributed by atoms with Gasteiger partial charge in [-0.15, -0.1) is 0 Å². The first kappa shape index (κ1) is 14.8. The molecule has 0 amide bonds. The fourth-order valence-corrected chi connectivity index (χ4v) is 1.92. The number of sulfonamides is 1. The Hall–Kier alpha value is -2.22. The molecule has 0 saturated carbocycles. The molecule has 0 aliphatic rings. The number of aliphatic hydroxyl groups excluding tert-OH is 1. The lowest BCUT2D eigenvalue weighted by Crippen LogP contribution is -2.15. The van der Waals surface area contributed by atoms with E-state index in [4.69, 9.17) is 0 Å². The molecule has 0 unspecified atom stereocenters. The maximum atomic E-state index is 11.7. The van der Waals surface area contributed by atoms with Crippen molar-refractivity contribution < 1.29 is 18.3 Å². The summed E-state index contributed by atoms with van der Waals surface area (Å²) in [5, 5.41) is 12.4. The van der Waals surface area contributed by atoms with Gasteiger partial charge in [0, 0.05) is 6.92 Å². The van der Waals surface area contributed by atoms with E-state index < -0.39 is 15.8 Å². The molecule has 0 radical (unpaired) electrons. The second kappa shape index (κ2) is 6.10. The van der Waals surface area contributed by atoms with Gasteiger partial charge in [-0.2, -0.15) is 8.42 Å². The van der Waals surface area contributed by atoms with Crippen LogP contribution in [0.1, 0.15) is 13.8 Å². The van der Waals surface area contributed by atoms with E-state index in [2.05, 4.69) is 15.2 Å². The van der Waals surface area contributed by atoms with Crippen LogP contribution in [-0.2, 0) is 14.8 Å². The number of benzene rings is 1. The highest BCUT2D eigenvalue weighted by Crippen LogP contribution is 2.11. The Morgan fingerprint density at radius 1 is 1.21 bits per heavy atom. The van der Waals surface area contributed by atoms with Crippen LogP contribution in [0, 0.1) is 0 Å². The van der Waals surface area contributed by atoms with Crippen molar-refractivity contribution in [3.63, 3.8) is 0 Å². The van der Waals surface area contributed by atoms with Crippen LogP contribution in [0.4, 0.5) is 0 Å². The Morgan fingerprint density at radius 2 is 1.79 bits per heavy atom. The Morgan fingerprint density at radius 3 is 2.26 bits per heavy atom. The third-order valence-corrected chi connectivity index (χ3v) is 3.23. The number of Topliss-reactive ketones (excluding diaryl/α,β-unsaturated/α-hetero) is 1. The maximum Gasteiger partial charge on any atom is 0.301 e. The Labute approximate surface area is 110 Å². The molecular formula is C11H13N3O4S. The molecule has 0 aromatic heterocycles. The van der Waals surface area contributed by atoms with E-state index in [1.165, 1.54) is 26.0 Å². The number of nitrogens with zero attached hydrogens (tertiary/aromatic N) is 2. The van der Waals surface area contributed by atoms with Crippen molar-refractivity contribution in [3.8, 4) is 0 Å². The van der Waals surface area contributed by atoms with E-state index in [0.29, 0.717) is 0 Å². The van der Waals surface area contributed by atoms with Crippen molar-refractivity contribution in [2.75, 3.05) is 0 Å². The van der Waals surface area contributed by atoms with Gasteiger partial charge in [0.2, 0.25) is 0 Å². The first-order valence-electron chi connectivity index (χ1n) is 5.23. The standard InChI is InChI=1S/C11H13N3O4S/c1-8(15)11(9(2)16)12-13-14-19(17,18)10-6-4-3-5-7-10/h3-7,15H,1-2H3,(H,12,14). The van der Waals surface area contributed by atoms with Crippen LogP contribution in [0.25, 0.3) is 0 Å². The smallest absolute Gasteiger partial charge is 0.301 e. The lowest BCUT2D eigenvalue weighted by atomic mass is 10.3. The number of carbonyl (C=O) groups excluding carboxylic acids is 1. The molecule has 1 aromatic rings. The monoisotopic (exact) mass is 283 g/mol. The number of hydrogen-bond donors (Lipinski definition) is 2. The predicted octanol–water partition coefficient (Wildman–Crippen LogP) is 1.71. The van der Waals surface area contributed by atoms with Crippen molar-refractivity contribution in [2.45, 2.75) is 18.7 Å². The average molecular weight is 283 g/mol. The minimum Gasteiger partial charge on any atom is -0.510 e. The third-order valence-electron chi connectivity index (χ3n) is 2.07. The minimum atomic E-state index is -3.93. The summed E-state index contributed by atoms with van der Waals surface area (Å²) in [6.45, 7) is 2.47. The summed E-state index contributed by atoms with van der Waals surface area (Å²) in [5.41, 5.74) is 1.89. The van der Waals surface area contributed by atoms with E-state index in [9.17, 15) is 18.3 Å². The van der Waals surface area contributed by atoms with Crippen molar-refractivity contribution in [3.05, 3.63) is 41.8 Å². The molecule has 0 spiro atoms. The Balaban J connectivity index is 2.89. The molecule has 0 aliphatic heterocycles. The molecule has 2 N–H and O–H groups in total. The van der Waals surface area contributed by atoms with Gasteiger partial charge in [0.15, 0.2) is 5.78 Å². The second-order valence-electron chi connectivity index (χ2n) is 3.60. The van der Waals surface area contributed by atoms with Crippen LogP contribution in [0.5, 0.6) is 0 Å². The SMILES string of the molecule is CC(=O)C(NN=NS(=O)(=O)c1ccccc1)=C(C)O. The van der Waals surface area contributed by atoms with Gasteiger partial charge in [-0.3, -0.25) is 10.2 Å². The predicted molar refractivity (Wildman–Crippen MR) is 67.6 cm³/mol. The van der Waals surface area contributed by atoms with E-state index in [-0.39, 0.29) is 16.4 Å². The molecule has 0 heterocycles. The summed E-state index contributed by atoms with van der Waals surface area (Å²) >= 11 is 0. The van der Waals surface area contributed by atoms with E-state index >= 15 is 0 Å². The molecule has 0 aliphatic carbocycles. The number of aliphatic hydroxyl groups is 1. The molecule has 102 valence electrons. The summed E-state index contributed by atoms with van der Waals surface area (Å²) < 4.78 is 26.5. The van der Waals surface area contributed by atoms with Crippen molar-refractivity contribution in [2.24, 2.45) is 9.74 Å². The van der Waals surface area contributed by atoms with Crippen LogP contribution in [0.3, 0.4) is 0 Å². The highest BCUT2D eigenvalue weighted by Gasteiger charge is 2.12. The van der Waals surface area contributed by atoms with Crippen molar-refractivity contribution in [1.82, 2.24) is 5.43 Å². The second-order valence-corrected chi connectivity index (χ2v) is 5.18. The molecule has 0 fully saturated rings. The first-order valence-corrected chi connectivity index (χ1v) is 6.67. The molecule has 1 rings (SSSR count). The third kappa shape index (κ3) is 4.18. The lowest BCUT2D eigenvalue weighted by molar-refractivity contribution is -0.114. The summed E-state index contributed by atoms with van der Waals surface area (Å²) in [6.07, 6.45) is 0. The number of carbonyl (C=O) groups is 1. The topological polar surface area (TPSA) is 108 Å². The van der Waals surface area contributed by atoms with Gasteiger partial charge in [-0.1, -0.05) is 23.4 Å². The number of hydrogen-bond acceptors (Lipinski definition) is 5. The summed E-state index contributed by atoms with van der Waals surface area (Å²) in [5.74, 6) is -0.792. The molecular weight excluding hydrogens is 270 g/mol. The first-order chi connectivity index (χ1) is 8.84. The van der Waals surface area contributed by atoms with Gasteiger partial charge in [-0.25, -0.2) is 0 Å². The van der Waals surface area contributed by atoms with Crippen LogP contribution < -0.4 is 5.43 Å².